The van der Waals surface area contributed by atoms with Gasteiger partial charge in [0.05, 0.1) is 17.5 Å². The number of hydrogen-bond donors (Lipinski definition) is 1. The Morgan fingerprint density at radius 2 is 2.12 bits per heavy atom. The number of aryl methyl sites for hydroxylation is 1. The second kappa shape index (κ2) is 4.10. The molecule has 1 heterocycles. The third-order valence-electron chi connectivity index (χ3n) is 2.32. The van der Waals surface area contributed by atoms with Crippen LogP contribution in [0, 0.1) is 6.92 Å². The smallest absolute Gasteiger partial charge is 0.335 e. The molecule has 0 bridgehead atoms. The van der Waals surface area contributed by atoms with E-state index in [1.165, 1.54) is 0 Å². The zero-order valence-electron chi connectivity index (χ0n) is 8.71. The molecule has 0 radical (unpaired) electrons. The summed E-state index contributed by atoms with van der Waals surface area (Å²) in [4.78, 5) is 19.0. The number of nitrogens with zero attached hydrogens (tertiary/aromatic N) is 2. The van der Waals surface area contributed by atoms with Gasteiger partial charge < -0.3 is 5.11 Å². The van der Waals surface area contributed by atoms with E-state index in [9.17, 15) is 4.79 Å². The van der Waals surface area contributed by atoms with Crippen molar-refractivity contribution in [2.45, 2.75) is 6.92 Å². The Hall–Kier alpha value is -2.23. The Bertz CT molecular complexity index is 524. The largest absolute Gasteiger partial charge is 0.478 e. The van der Waals surface area contributed by atoms with Crippen LogP contribution < -0.4 is 0 Å². The van der Waals surface area contributed by atoms with Crippen molar-refractivity contribution in [1.82, 2.24) is 9.97 Å². The fourth-order valence-electron chi connectivity index (χ4n) is 1.47. The average molecular weight is 214 g/mol. The molecule has 1 aromatic carbocycles. The van der Waals surface area contributed by atoms with Crippen LogP contribution in [0.1, 0.15) is 15.9 Å². The molecular formula is C12H10N2O2. The second-order valence-electron chi connectivity index (χ2n) is 3.43. The van der Waals surface area contributed by atoms with Gasteiger partial charge in [0.2, 0.25) is 0 Å². The van der Waals surface area contributed by atoms with Gasteiger partial charge in [-0.1, -0.05) is 6.07 Å². The summed E-state index contributed by atoms with van der Waals surface area (Å²) in [5.74, 6) is -0.940. The van der Waals surface area contributed by atoms with Crippen LogP contribution in [0.15, 0.2) is 36.8 Å². The molecule has 2 aromatic rings. The Labute approximate surface area is 92.6 Å². The standard InChI is InChI=1S/C12H10N2O2/c1-8-2-3-9(12(15)16)6-10(8)11-7-13-4-5-14-11/h2-7H,1H3,(H,15,16). The van der Waals surface area contributed by atoms with Gasteiger partial charge in [-0.25, -0.2) is 4.79 Å². The Kier molecular flexibility index (Phi) is 2.64. The Morgan fingerprint density at radius 3 is 2.75 bits per heavy atom. The summed E-state index contributed by atoms with van der Waals surface area (Å²) in [6, 6.07) is 4.96. The minimum atomic E-state index is -0.940. The van der Waals surface area contributed by atoms with Crippen LogP contribution in [0.2, 0.25) is 0 Å². The fraction of sp³-hybridized carbons (Fsp3) is 0.0833. The predicted octanol–water partition coefficient (Wildman–Crippen LogP) is 2.15. The molecule has 0 aliphatic rings. The molecule has 0 atom stereocenters. The highest BCUT2D eigenvalue weighted by Crippen LogP contribution is 2.21. The van der Waals surface area contributed by atoms with Gasteiger partial charge in [-0.3, -0.25) is 9.97 Å². The molecule has 4 heteroatoms. The highest BCUT2D eigenvalue weighted by atomic mass is 16.4. The minimum absolute atomic E-state index is 0.256. The van der Waals surface area contributed by atoms with Gasteiger partial charge in [0, 0.05) is 18.0 Å². The van der Waals surface area contributed by atoms with Crippen LogP contribution in [0.25, 0.3) is 11.3 Å². The van der Waals surface area contributed by atoms with Crippen molar-refractivity contribution in [1.29, 1.82) is 0 Å². The molecule has 1 N–H and O–H groups in total. The maximum absolute atomic E-state index is 10.9. The third-order valence-corrected chi connectivity index (χ3v) is 2.32. The zero-order chi connectivity index (χ0) is 11.5. The van der Waals surface area contributed by atoms with Crippen LogP contribution in [0.4, 0.5) is 0 Å². The number of benzene rings is 1. The third kappa shape index (κ3) is 1.91. The van der Waals surface area contributed by atoms with E-state index in [0.29, 0.717) is 5.69 Å². The number of aromatic carboxylic acids is 1. The Morgan fingerprint density at radius 1 is 1.31 bits per heavy atom. The van der Waals surface area contributed by atoms with E-state index in [1.54, 1.807) is 36.8 Å². The average Bonchev–Trinajstić information content (AvgIpc) is 2.30. The van der Waals surface area contributed by atoms with E-state index in [1.807, 2.05) is 6.92 Å². The van der Waals surface area contributed by atoms with Crippen LogP contribution in [-0.4, -0.2) is 21.0 Å². The summed E-state index contributed by atoms with van der Waals surface area (Å²) in [6.07, 6.45) is 4.79. The van der Waals surface area contributed by atoms with E-state index < -0.39 is 5.97 Å². The second-order valence-corrected chi connectivity index (χ2v) is 3.43. The lowest BCUT2D eigenvalue weighted by molar-refractivity contribution is 0.0697. The summed E-state index contributed by atoms with van der Waals surface area (Å²) < 4.78 is 0. The molecular weight excluding hydrogens is 204 g/mol. The maximum Gasteiger partial charge on any atom is 0.335 e. The number of carbonyl (C=O) groups is 1. The first kappa shape index (κ1) is 10.3. The summed E-state index contributed by atoms with van der Waals surface area (Å²) in [7, 11) is 0. The van der Waals surface area contributed by atoms with Crippen molar-refractivity contribution in [2.24, 2.45) is 0 Å². The first-order chi connectivity index (χ1) is 7.68. The first-order valence-electron chi connectivity index (χ1n) is 4.79. The lowest BCUT2D eigenvalue weighted by atomic mass is 10.0. The van der Waals surface area contributed by atoms with E-state index in [4.69, 9.17) is 5.11 Å². The molecule has 0 aliphatic carbocycles. The van der Waals surface area contributed by atoms with Gasteiger partial charge in [-0.15, -0.1) is 0 Å². The normalized spacial score (nSPS) is 10.1. The van der Waals surface area contributed by atoms with Gasteiger partial charge in [-0.2, -0.15) is 0 Å². The predicted molar refractivity (Wildman–Crippen MR) is 59.2 cm³/mol. The molecule has 16 heavy (non-hydrogen) atoms. The van der Waals surface area contributed by atoms with Crippen LogP contribution in [0.3, 0.4) is 0 Å². The maximum atomic E-state index is 10.9. The van der Waals surface area contributed by atoms with E-state index in [-0.39, 0.29) is 5.56 Å². The van der Waals surface area contributed by atoms with Crippen molar-refractivity contribution < 1.29 is 9.90 Å². The lowest BCUT2D eigenvalue weighted by Gasteiger charge is -2.05. The van der Waals surface area contributed by atoms with Crippen LogP contribution >= 0.6 is 0 Å². The van der Waals surface area contributed by atoms with Crippen molar-refractivity contribution in [3.05, 3.63) is 47.9 Å². The molecule has 0 amide bonds. The van der Waals surface area contributed by atoms with E-state index in [0.717, 1.165) is 11.1 Å². The number of aromatic nitrogens is 2. The fourth-order valence-corrected chi connectivity index (χ4v) is 1.47. The van der Waals surface area contributed by atoms with Crippen LogP contribution in [0.5, 0.6) is 0 Å². The first-order valence-corrected chi connectivity index (χ1v) is 4.79. The minimum Gasteiger partial charge on any atom is -0.478 e. The molecule has 4 nitrogen and oxygen atoms in total. The molecule has 0 unspecified atom stereocenters. The highest BCUT2D eigenvalue weighted by molar-refractivity contribution is 5.89. The quantitative estimate of drug-likeness (QED) is 0.831. The molecule has 80 valence electrons. The summed E-state index contributed by atoms with van der Waals surface area (Å²) in [6.45, 7) is 1.91. The highest BCUT2D eigenvalue weighted by Gasteiger charge is 2.08. The van der Waals surface area contributed by atoms with E-state index in [2.05, 4.69) is 9.97 Å². The number of rotatable bonds is 2. The van der Waals surface area contributed by atoms with Crippen molar-refractivity contribution in [3.63, 3.8) is 0 Å². The molecule has 0 saturated carbocycles. The van der Waals surface area contributed by atoms with Gasteiger partial charge in [-0.05, 0) is 24.6 Å². The van der Waals surface area contributed by atoms with Gasteiger partial charge in [0.15, 0.2) is 0 Å². The SMILES string of the molecule is Cc1ccc(C(=O)O)cc1-c1cnccn1. The lowest BCUT2D eigenvalue weighted by Crippen LogP contribution is -1.98. The van der Waals surface area contributed by atoms with Crippen molar-refractivity contribution in [3.8, 4) is 11.3 Å². The number of carboxylic acids is 1. The molecule has 0 fully saturated rings. The van der Waals surface area contributed by atoms with Gasteiger partial charge in [0.25, 0.3) is 0 Å². The zero-order valence-corrected chi connectivity index (χ0v) is 8.71. The van der Waals surface area contributed by atoms with Gasteiger partial charge >= 0.3 is 5.97 Å². The summed E-state index contributed by atoms with van der Waals surface area (Å²) >= 11 is 0. The Balaban J connectivity index is 2.56. The molecule has 0 spiro atoms. The summed E-state index contributed by atoms with van der Waals surface area (Å²) in [5, 5.41) is 8.91. The molecule has 1 aromatic heterocycles. The monoisotopic (exact) mass is 214 g/mol. The topological polar surface area (TPSA) is 63.1 Å². The molecule has 2 rings (SSSR count). The molecule has 0 aliphatic heterocycles. The number of carboxylic acid groups (broad SMARTS) is 1. The van der Waals surface area contributed by atoms with Crippen molar-refractivity contribution >= 4 is 5.97 Å². The van der Waals surface area contributed by atoms with Crippen molar-refractivity contribution in [2.75, 3.05) is 0 Å². The van der Waals surface area contributed by atoms with E-state index >= 15 is 0 Å². The van der Waals surface area contributed by atoms with Gasteiger partial charge in [0.1, 0.15) is 0 Å². The summed E-state index contributed by atoms with van der Waals surface area (Å²) in [5.41, 5.74) is 2.72. The number of hydrogen-bond acceptors (Lipinski definition) is 3. The van der Waals surface area contributed by atoms with Crippen LogP contribution in [-0.2, 0) is 0 Å². The molecule has 0 saturated heterocycles.